The second-order valence-electron chi connectivity index (χ2n) is 3.54. The van der Waals surface area contributed by atoms with Gasteiger partial charge >= 0.3 is 6.16 Å². The van der Waals surface area contributed by atoms with Crippen LogP contribution in [0.25, 0.3) is 0 Å². The van der Waals surface area contributed by atoms with Gasteiger partial charge in [-0.15, -0.1) is 0 Å². The summed E-state index contributed by atoms with van der Waals surface area (Å²) in [6.07, 6.45) is 0.504. The van der Waals surface area contributed by atoms with Gasteiger partial charge in [0.25, 0.3) is 0 Å². The Morgan fingerprint density at radius 2 is 2.22 bits per heavy atom. The van der Waals surface area contributed by atoms with Crippen LogP contribution in [0.1, 0.15) is 12.0 Å². The third kappa shape index (κ3) is 4.74. The van der Waals surface area contributed by atoms with E-state index in [1.807, 2.05) is 24.3 Å². The summed E-state index contributed by atoms with van der Waals surface area (Å²) in [6.45, 7) is 0.734. The zero-order chi connectivity index (χ0) is 13.2. The molecule has 5 heteroatoms. The number of para-hydroxylation sites is 1. The summed E-state index contributed by atoms with van der Waals surface area (Å²) in [5, 5.41) is 11.7. The number of aryl methyl sites for hydroxylation is 1. The number of methoxy groups -OCH3 is 1. The number of hydrogen-bond donors (Lipinski definition) is 1. The number of carbonyl (C=O) groups is 1. The molecule has 0 aliphatic heterocycles. The van der Waals surface area contributed by atoms with Crippen LogP contribution in [0.5, 0.6) is 0 Å². The quantitative estimate of drug-likeness (QED) is 0.618. The largest absolute Gasteiger partial charge is 0.508 e. The van der Waals surface area contributed by atoms with Gasteiger partial charge in [0.15, 0.2) is 0 Å². The lowest BCUT2D eigenvalue weighted by molar-refractivity contribution is 0.0759. The number of nitrogens with one attached hydrogen (secondary N) is 1. The van der Waals surface area contributed by atoms with Crippen LogP contribution in [0.15, 0.2) is 24.3 Å². The molecule has 0 saturated carbocycles. The molecule has 96 valence electrons. The van der Waals surface area contributed by atoms with Crippen LogP contribution in [0.4, 0.5) is 10.5 Å². The van der Waals surface area contributed by atoms with E-state index in [1.165, 1.54) is 7.11 Å². The maximum Gasteiger partial charge on any atom is 0.508 e. The molecule has 0 amide bonds. The molecule has 5 nitrogen and oxygen atoms in total. The van der Waals surface area contributed by atoms with Crippen LogP contribution in [0.3, 0.4) is 0 Å². The van der Waals surface area contributed by atoms with E-state index in [4.69, 9.17) is 10.00 Å². The third-order valence-electron chi connectivity index (χ3n) is 2.33. The predicted octanol–water partition coefficient (Wildman–Crippen LogP) is 2.34. The van der Waals surface area contributed by atoms with Gasteiger partial charge in [-0.25, -0.2) is 4.79 Å². The Morgan fingerprint density at radius 1 is 1.44 bits per heavy atom. The van der Waals surface area contributed by atoms with Crippen LogP contribution in [0, 0.1) is 11.3 Å². The highest BCUT2D eigenvalue weighted by Gasteiger charge is 2.02. The summed E-state index contributed by atoms with van der Waals surface area (Å²) < 4.78 is 9.11. The first-order valence-electron chi connectivity index (χ1n) is 5.67. The van der Waals surface area contributed by atoms with Gasteiger partial charge in [-0.1, -0.05) is 18.2 Å². The summed E-state index contributed by atoms with van der Waals surface area (Å²) in [5.74, 6) is 0. The molecule has 0 aliphatic carbocycles. The number of benzene rings is 1. The molecule has 1 aromatic carbocycles. The van der Waals surface area contributed by atoms with Gasteiger partial charge in [0.05, 0.1) is 13.2 Å². The Labute approximate surface area is 106 Å². The topological polar surface area (TPSA) is 71.3 Å². The van der Waals surface area contributed by atoms with E-state index in [-0.39, 0.29) is 6.61 Å². The minimum atomic E-state index is -0.686. The van der Waals surface area contributed by atoms with Crippen LogP contribution in [0.2, 0.25) is 0 Å². The zero-order valence-electron chi connectivity index (χ0n) is 10.3. The van der Waals surface area contributed by atoms with E-state index in [0.717, 1.165) is 11.3 Å². The van der Waals surface area contributed by atoms with E-state index in [1.54, 1.807) is 0 Å². The van der Waals surface area contributed by atoms with E-state index in [9.17, 15) is 4.79 Å². The lowest BCUT2D eigenvalue weighted by Gasteiger charge is -2.11. The molecule has 0 spiro atoms. The normalized spacial score (nSPS) is 9.33. The number of rotatable bonds is 6. The minimum absolute atomic E-state index is 0.235. The van der Waals surface area contributed by atoms with E-state index in [0.29, 0.717) is 19.4 Å². The maximum absolute atomic E-state index is 10.7. The zero-order valence-corrected chi connectivity index (χ0v) is 10.3. The minimum Gasteiger partial charge on any atom is -0.438 e. The van der Waals surface area contributed by atoms with Crippen LogP contribution >= 0.6 is 0 Å². The number of carbonyl (C=O) groups excluding carboxylic acids is 1. The van der Waals surface area contributed by atoms with Crippen molar-refractivity contribution in [3.05, 3.63) is 29.8 Å². The van der Waals surface area contributed by atoms with Crippen molar-refractivity contribution in [2.45, 2.75) is 12.8 Å². The van der Waals surface area contributed by atoms with Crippen molar-refractivity contribution in [1.29, 1.82) is 5.26 Å². The Kier molecular flexibility index (Phi) is 6.12. The second kappa shape index (κ2) is 7.96. The molecular formula is C13H16N2O3. The Balaban J connectivity index is 2.41. The molecular weight excluding hydrogens is 232 g/mol. The molecule has 1 aromatic rings. The summed E-state index contributed by atoms with van der Waals surface area (Å²) >= 11 is 0. The van der Waals surface area contributed by atoms with E-state index < -0.39 is 6.16 Å². The van der Waals surface area contributed by atoms with Gasteiger partial charge in [0.2, 0.25) is 0 Å². The van der Waals surface area contributed by atoms with Gasteiger partial charge in [-0.3, -0.25) is 0 Å². The van der Waals surface area contributed by atoms with Crippen molar-refractivity contribution in [3.63, 3.8) is 0 Å². The summed E-state index contributed by atoms with van der Waals surface area (Å²) in [4.78, 5) is 10.7. The fraction of sp³-hybridized carbons (Fsp3) is 0.385. The smallest absolute Gasteiger partial charge is 0.438 e. The molecule has 1 N–H and O–H groups in total. The highest BCUT2D eigenvalue weighted by Crippen LogP contribution is 2.16. The SMILES string of the molecule is COC(=O)OCCNc1ccccc1CCC#N. The average molecular weight is 248 g/mol. The molecule has 0 atom stereocenters. The third-order valence-corrected chi connectivity index (χ3v) is 2.33. The standard InChI is InChI=1S/C13H16N2O3/c1-17-13(16)18-10-9-15-12-7-3-2-5-11(12)6-4-8-14/h2-3,5,7,15H,4,6,9-10H2,1H3. The Bertz CT molecular complexity index is 426. The van der Waals surface area contributed by atoms with Gasteiger partial charge in [0.1, 0.15) is 6.61 Å². The maximum atomic E-state index is 10.7. The lowest BCUT2D eigenvalue weighted by atomic mass is 10.1. The molecule has 0 heterocycles. The van der Waals surface area contributed by atoms with Crippen molar-refractivity contribution in [3.8, 4) is 6.07 Å². The van der Waals surface area contributed by atoms with Crippen molar-refractivity contribution < 1.29 is 14.3 Å². The van der Waals surface area contributed by atoms with Crippen molar-refractivity contribution in [1.82, 2.24) is 0 Å². The molecule has 0 aliphatic rings. The molecule has 0 fully saturated rings. The van der Waals surface area contributed by atoms with Crippen molar-refractivity contribution in [2.24, 2.45) is 0 Å². The monoisotopic (exact) mass is 248 g/mol. The molecule has 1 rings (SSSR count). The van der Waals surface area contributed by atoms with Gasteiger partial charge in [0, 0.05) is 18.7 Å². The van der Waals surface area contributed by atoms with Gasteiger partial charge in [-0.2, -0.15) is 5.26 Å². The number of hydrogen-bond acceptors (Lipinski definition) is 5. The predicted molar refractivity (Wildman–Crippen MR) is 67.2 cm³/mol. The van der Waals surface area contributed by atoms with Crippen molar-refractivity contribution >= 4 is 11.8 Å². The molecule has 0 unspecified atom stereocenters. The van der Waals surface area contributed by atoms with Gasteiger partial charge in [-0.05, 0) is 18.1 Å². The lowest BCUT2D eigenvalue weighted by Crippen LogP contribution is -2.14. The molecule has 0 radical (unpaired) electrons. The first-order chi connectivity index (χ1) is 8.77. The summed E-state index contributed by atoms with van der Waals surface area (Å²) in [7, 11) is 1.27. The molecule has 0 saturated heterocycles. The number of anilines is 1. The number of nitrogens with zero attached hydrogens (tertiary/aromatic N) is 1. The summed E-state index contributed by atoms with van der Waals surface area (Å²) in [6, 6.07) is 9.88. The Morgan fingerprint density at radius 3 is 2.94 bits per heavy atom. The Hall–Kier alpha value is -2.22. The first kappa shape index (κ1) is 13.8. The fourth-order valence-corrected chi connectivity index (χ4v) is 1.48. The van der Waals surface area contributed by atoms with Crippen molar-refractivity contribution in [2.75, 3.05) is 25.6 Å². The van der Waals surface area contributed by atoms with E-state index in [2.05, 4.69) is 16.1 Å². The first-order valence-corrected chi connectivity index (χ1v) is 5.67. The highest BCUT2D eigenvalue weighted by molar-refractivity contribution is 5.59. The molecule has 0 bridgehead atoms. The second-order valence-corrected chi connectivity index (χ2v) is 3.54. The van der Waals surface area contributed by atoms with E-state index >= 15 is 0 Å². The number of nitriles is 1. The highest BCUT2D eigenvalue weighted by atomic mass is 16.7. The van der Waals surface area contributed by atoms with Gasteiger partial charge < -0.3 is 14.8 Å². The van der Waals surface area contributed by atoms with Crippen LogP contribution in [-0.2, 0) is 15.9 Å². The fourth-order valence-electron chi connectivity index (χ4n) is 1.48. The molecule has 18 heavy (non-hydrogen) atoms. The molecule has 0 aromatic heterocycles. The number of ether oxygens (including phenoxy) is 2. The van der Waals surface area contributed by atoms with Crippen LogP contribution < -0.4 is 5.32 Å². The average Bonchev–Trinajstić information content (AvgIpc) is 2.42. The van der Waals surface area contributed by atoms with Crippen LogP contribution in [-0.4, -0.2) is 26.4 Å². The summed E-state index contributed by atoms with van der Waals surface area (Å²) in [5.41, 5.74) is 2.04.